The molecule has 0 fully saturated rings. The number of nitrogens with zero attached hydrogens (tertiary/aromatic N) is 1. The van der Waals surface area contributed by atoms with Crippen LogP contribution in [0.1, 0.15) is 87.4 Å². The number of carbonyl (C=O) groups is 1. The zero-order chi connectivity index (χ0) is 24.2. The minimum absolute atomic E-state index is 0.0127. The fourth-order valence-electron chi connectivity index (χ4n) is 4.25. The van der Waals surface area contributed by atoms with Crippen molar-refractivity contribution in [2.45, 2.75) is 71.1 Å². The number of rotatable bonds is 8. The van der Waals surface area contributed by atoms with Crippen LogP contribution in [0, 0.1) is 0 Å². The fourth-order valence-corrected chi connectivity index (χ4v) is 4.25. The number of hydrogen-bond acceptors (Lipinski definition) is 6. The predicted molar refractivity (Wildman–Crippen MR) is 129 cm³/mol. The molecule has 2 N–H and O–H groups in total. The van der Waals surface area contributed by atoms with Gasteiger partial charge in [-0.1, -0.05) is 58.3 Å². The number of benzene rings is 2. The Morgan fingerprint density at radius 2 is 1.73 bits per heavy atom. The molecule has 0 amide bonds. The maximum atomic E-state index is 12.1. The summed E-state index contributed by atoms with van der Waals surface area (Å²) in [7, 11) is 0. The number of oxime groups is 1. The van der Waals surface area contributed by atoms with Crippen molar-refractivity contribution in [1.29, 1.82) is 0 Å². The summed E-state index contributed by atoms with van der Waals surface area (Å²) in [5.74, 6) is -0.419. The maximum absolute atomic E-state index is 12.1. The van der Waals surface area contributed by atoms with Crippen LogP contribution in [0.4, 0.5) is 0 Å². The van der Waals surface area contributed by atoms with Crippen LogP contribution >= 0.6 is 0 Å². The van der Waals surface area contributed by atoms with Crippen LogP contribution in [0.15, 0.2) is 41.6 Å². The molecule has 0 radical (unpaired) electrons. The summed E-state index contributed by atoms with van der Waals surface area (Å²) in [6.07, 6.45) is 3.90. The number of hydrogen-bond donors (Lipinski definition) is 2. The molecule has 2 aromatic carbocycles. The van der Waals surface area contributed by atoms with E-state index in [1.54, 1.807) is 6.07 Å². The molecule has 0 saturated heterocycles. The Morgan fingerprint density at radius 1 is 1.03 bits per heavy atom. The highest BCUT2D eigenvalue weighted by Crippen LogP contribution is 2.46. The van der Waals surface area contributed by atoms with E-state index in [0.717, 1.165) is 31.2 Å². The van der Waals surface area contributed by atoms with Crippen molar-refractivity contribution in [2.75, 3.05) is 13.2 Å². The Hall–Kier alpha value is -3.02. The van der Waals surface area contributed by atoms with Crippen molar-refractivity contribution < 1.29 is 24.6 Å². The molecule has 1 aliphatic carbocycles. The first kappa shape index (κ1) is 24.6. The third-order valence-corrected chi connectivity index (χ3v) is 6.60. The molecule has 3 rings (SSSR count). The second-order valence-corrected chi connectivity index (χ2v) is 10.0. The number of unbranched alkanes of at least 4 members (excludes halogenated alkanes) is 1. The van der Waals surface area contributed by atoms with Gasteiger partial charge in [-0.2, -0.15) is 0 Å². The second kappa shape index (κ2) is 9.86. The first-order chi connectivity index (χ1) is 15.6. The number of aromatic hydroxyl groups is 1. The molecule has 0 heterocycles. The SMILES string of the molecule is CCCCOC(=O)c1ccc(OC/C(=N/O)c2ccc3c(c2)C(C)(C)CCC3(C)C)cc1O. The topological polar surface area (TPSA) is 88.4 Å². The summed E-state index contributed by atoms with van der Waals surface area (Å²) >= 11 is 0. The van der Waals surface area contributed by atoms with E-state index in [1.165, 1.54) is 23.3 Å². The molecule has 178 valence electrons. The highest BCUT2D eigenvalue weighted by Gasteiger charge is 2.37. The molecule has 1 aliphatic rings. The summed E-state index contributed by atoms with van der Waals surface area (Å²) in [4.78, 5) is 12.1. The van der Waals surface area contributed by atoms with E-state index < -0.39 is 5.97 Å². The van der Waals surface area contributed by atoms with E-state index >= 15 is 0 Å². The van der Waals surface area contributed by atoms with Crippen molar-refractivity contribution in [3.8, 4) is 11.5 Å². The number of fused-ring (bicyclic) bond motifs is 1. The Kier molecular flexibility index (Phi) is 7.35. The lowest BCUT2D eigenvalue weighted by Gasteiger charge is -2.42. The molecular formula is C27H35NO5. The number of phenolic OH excluding ortho intramolecular Hbond substituents is 1. The zero-order valence-corrected chi connectivity index (χ0v) is 20.3. The second-order valence-electron chi connectivity index (χ2n) is 10.0. The largest absolute Gasteiger partial charge is 0.507 e. The smallest absolute Gasteiger partial charge is 0.341 e. The number of carbonyl (C=O) groups excluding carboxylic acids is 1. The van der Waals surface area contributed by atoms with Crippen LogP contribution in [-0.2, 0) is 15.6 Å². The van der Waals surface area contributed by atoms with Crippen molar-refractivity contribution >= 4 is 11.7 Å². The molecule has 0 unspecified atom stereocenters. The van der Waals surface area contributed by atoms with Gasteiger partial charge in [0.15, 0.2) is 0 Å². The van der Waals surface area contributed by atoms with Crippen LogP contribution in [0.2, 0.25) is 0 Å². The summed E-state index contributed by atoms with van der Waals surface area (Å²) in [5.41, 5.74) is 4.01. The quantitative estimate of drug-likeness (QED) is 0.169. The van der Waals surface area contributed by atoms with Gasteiger partial charge in [-0.05, 0) is 59.4 Å². The van der Waals surface area contributed by atoms with Gasteiger partial charge in [0.05, 0.1) is 6.61 Å². The molecule has 0 atom stereocenters. The first-order valence-electron chi connectivity index (χ1n) is 11.6. The Labute approximate surface area is 196 Å². The maximum Gasteiger partial charge on any atom is 0.341 e. The molecule has 2 aromatic rings. The number of ether oxygens (including phenoxy) is 2. The third kappa shape index (κ3) is 5.49. The summed E-state index contributed by atoms with van der Waals surface area (Å²) in [6.45, 7) is 11.4. The lowest BCUT2D eigenvalue weighted by molar-refractivity contribution is 0.0496. The van der Waals surface area contributed by atoms with Crippen molar-refractivity contribution in [2.24, 2.45) is 5.16 Å². The lowest BCUT2D eigenvalue weighted by atomic mass is 9.63. The molecule has 0 saturated carbocycles. The Morgan fingerprint density at radius 3 is 2.36 bits per heavy atom. The van der Waals surface area contributed by atoms with Gasteiger partial charge in [-0.25, -0.2) is 4.79 Å². The van der Waals surface area contributed by atoms with Crippen LogP contribution in [0.5, 0.6) is 11.5 Å². The normalized spacial score (nSPS) is 16.7. The molecule has 0 aromatic heterocycles. The minimum Gasteiger partial charge on any atom is -0.507 e. The Bertz CT molecular complexity index is 1040. The van der Waals surface area contributed by atoms with E-state index in [1.807, 2.05) is 13.0 Å². The van der Waals surface area contributed by atoms with Crippen LogP contribution < -0.4 is 4.74 Å². The third-order valence-electron chi connectivity index (χ3n) is 6.60. The lowest BCUT2D eigenvalue weighted by Crippen LogP contribution is -2.34. The highest BCUT2D eigenvalue weighted by molar-refractivity contribution is 6.01. The van der Waals surface area contributed by atoms with Gasteiger partial charge in [0, 0.05) is 11.6 Å². The van der Waals surface area contributed by atoms with Crippen molar-refractivity contribution in [3.05, 3.63) is 58.7 Å². The highest BCUT2D eigenvalue weighted by atomic mass is 16.5. The van der Waals surface area contributed by atoms with Crippen LogP contribution in [0.3, 0.4) is 0 Å². The van der Waals surface area contributed by atoms with E-state index in [4.69, 9.17) is 9.47 Å². The van der Waals surface area contributed by atoms with Gasteiger partial charge in [0.2, 0.25) is 0 Å². The predicted octanol–water partition coefficient (Wildman–Crippen LogP) is 5.96. The average Bonchev–Trinajstić information content (AvgIpc) is 2.77. The minimum atomic E-state index is -0.565. The molecule has 6 nitrogen and oxygen atoms in total. The van der Waals surface area contributed by atoms with E-state index in [-0.39, 0.29) is 28.7 Å². The standard InChI is InChI=1S/C27H35NO5/c1-6-7-14-32-25(30)20-10-9-19(16-24(20)29)33-17-23(28-31)18-8-11-21-22(15-18)27(4,5)13-12-26(21,2)3/h8-11,15-16,29,31H,6-7,12-14,17H2,1-5H3/b28-23-. The molecule has 0 aliphatic heterocycles. The van der Waals surface area contributed by atoms with Crippen LogP contribution in [-0.4, -0.2) is 35.2 Å². The summed E-state index contributed by atoms with van der Waals surface area (Å²) < 4.78 is 10.9. The van der Waals surface area contributed by atoms with Gasteiger partial charge in [0.1, 0.15) is 29.4 Å². The molecule has 6 heteroatoms. The van der Waals surface area contributed by atoms with Crippen molar-refractivity contribution in [1.82, 2.24) is 0 Å². The molecule has 0 bridgehead atoms. The van der Waals surface area contributed by atoms with Gasteiger partial charge in [0.25, 0.3) is 0 Å². The Balaban J connectivity index is 1.74. The number of esters is 1. The average molecular weight is 454 g/mol. The zero-order valence-electron chi connectivity index (χ0n) is 20.3. The van der Waals surface area contributed by atoms with Gasteiger partial charge >= 0.3 is 5.97 Å². The van der Waals surface area contributed by atoms with Gasteiger partial charge in [-0.15, -0.1) is 0 Å². The fraction of sp³-hybridized carbons (Fsp3) is 0.481. The number of phenols is 1. The van der Waals surface area contributed by atoms with Crippen LogP contribution in [0.25, 0.3) is 0 Å². The van der Waals surface area contributed by atoms with E-state index in [9.17, 15) is 15.1 Å². The molecule has 0 spiro atoms. The molecular weight excluding hydrogens is 418 g/mol. The van der Waals surface area contributed by atoms with Gasteiger partial charge < -0.3 is 19.8 Å². The van der Waals surface area contributed by atoms with Gasteiger partial charge in [-0.3, -0.25) is 0 Å². The summed E-state index contributed by atoms with van der Waals surface area (Å²) in [6, 6.07) is 10.6. The van der Waals surface area contributed by atoms with E-state index in [0.29, 0.717) is 18.1 Å². The first-order valence-corrected chi connectivity index (χ1v) is 11.6. The summed E-state index contributed by atoms with van der Waals surface area (Å²) in [5, 5.41) is 23.4. The van der Waals surface area contributed by atoms with Crippen molar-refractivity contribution in [3.63, 3.8) is 0 Å². The van der Waals surface area contributed by atoms with E-state index in [2.05, 4.69) is 45.0 Å². The monoisotopic (exact) mass is 453 g/mol. The molecule has 33 heavy (non-hydrogen) atoms.